The van der Waals surface area contributed by atoms with Crippen molar-refractivity contribution in [2.24, 2.45) is 4.99 Å². The minimum atomic E-state index is -1.41. The molecule has 222 valence electrons. The molecular formula is C29H32FN5O7. The molecule has 1 fully saturated rings. The number of halogens is 1. The fourth-order valence-electron chi connectivity index (χ4n) is 4.38. The van der Waals surface area contributed by atoms with Crippen LogP contribution in [0.3, 0.4) is 0 Å². The smallest absolute Gasteiger partial charge is 0.428 e. The van der Waals surface area contributed by atoms with Crippen molar-refractivity contribution < 1.29 is 37.7 Å². The average molecular weight is 582 g/mol. The fourth-order valence-corrected chi connectivity index (χ4v) is 4.38. The van der Waals surface area contributed by atoms with Crippen LogP contribution in [0, 0.1) is 17.1 Å². The molecule has 0 radical (unpaired) electrons. The summed E-state index contributed by atoms with van der Waals surface area (Å²) in [6.45, 7) is 9.82. The number of ether oxygens (including phenoxy) is 4. The van der Waals surface area contributed by atoms with Crippen LogP contribution in [0.1, 0.15) is 69.6 Å². The largest absolute Gasteiger partial charge is 0.462 e. The van der Waals surface area contributed by atoms with Gasteiger partial charge < -0.3 is 24.3 Å². The summed E-state index contributed by atoms with van der Waals surface area (Å²) in [6, 6.07) is 8.31. The highest BCUT2D eigenvalue weighted by Gasteiger charge is 2.53. The van der Waals surface area contributed by atoms with Crippen LogP contribution in [-0.2, 0) is 24.5 Å². The third kappa shape index (κ3) is 6.66. The molecule has 1 saturated heterocycles. The number of nitrogens with zero attached hydrogens (tertiary/aromatic N) is 4. The topological polar surface area (TPSA) is 152 Å². The summed E-state index contributed by atoms with van der Waals surface area (Å²) in [5.74, 6) is -1.22. The van der Waals surface area contributed by atoms with Crippen molar-refractivity contribution in [3.05, 3.63) is 59.2 Å². The van der Waals surface area contributed by atoms with Crippen LogP contribution < -0.4 is 5.32 Å². The first-order valence-corrected chi connectivity index (χ1v) is 13.2. The van der Waals surface area contributed by atoms with E-state index in [1.165, 1.54) is 36.5 Å². The number of aromatic nitrogens is 1. The minimum Gasteiger partial charge on any atom is -0.462 e. The quantitative estimate of drug-likeness (QED) is 0.534. The van der Waals surface area contributed by atoms with Gasteiger partial charge in [-0.3, -0.25) is 4.79 Å². The summed E-state index contributed by atoms with van der Waals surface area (Å²) in [5, 5.41) is 11.6. The number of imide groups is 1. The van der Waals surface area contributed by atoms with Crippen molar-refractivity contribution in [2.75, 3.05) is 18.5 Å². The Bertz CT molecular complexity index is 1430. The van der Waals surface area contributed by atoms with Gasteiger partial charge >= 0.3 is 18.2 Å². The second kappa shape index (κ2) is 11.4. The van der Waals surface area contributed by atoms with E-state index in [0.717, 1.165) is 0 Å². The van der Waals surface area contributed by atoms with E-state index in [2.05, 4.69) is 15.3 Å². The lowest BCUT2D eigenvalue weighted by Crippen LogP contribution is -2.53. The molecule has 0 unspecified atom stereocenters. The number of hydrogen-bond donors (Lipinski definition) is 1. The second-order valence-corrected chi connectivity index (χ2v) is 11.7. The van der Waals surface area contributed by atoms with E-state index in [1.54, 1.807) is 41.5 Å². The third-order valence-electron chi connectivity index (χ3n) is 6.15. The van der Waals surface area contributed by atoms with E-state index in [4.69, 9.17) is 24.2 Å². The van der Waals surface area contributed by atoms with E-state index in [0.29, 0.717) is 10.5 Å². The lowest BCUT2D eigenvalue weighted by molar-refractivity contribution is -0.00667. The van der Waals surface area contributed by atoms with Gasteiger partial charge in [-0.15, -0.1) is 4.90 Å². The molecule has 12 nitrogen and oxygen atoms in total. The SMILES string of the molecule is CC(C)(C)OC(=O)N(C(=O)OC(C)(C)C)C1=N[C@@]2(c3cc(NC(=O)c4ccc(C#N)cn4)ccc3F)CCO[C@H]2CO1. The van der Waals surface area contributed by atoms with E-state index in [9.17, 15) is 14.4 Å². The van der Waals surface area contributed by atoms with Gasteiger partial charge in [-0.05, 0) is 71.9 Å². The highest BCUT2D eigenvalue weighted by Crippen LogP contribution is 2.44. The summed E-state index contributed by atoms with van der Waals surface area (Å²) in [5.41, 5.74) is -2.70. The Morgan fingerprint density at radius 2 is 1.76 bits per heavy atom. The highest BCUT2D eigenvalue weighted by atomic mass is 19.1. The maximum Gasteiger partial charge on any atom is 0.428 e. The average Bonchev–Trinajstić information content (AvgIpc) is 3.32. The van der Waals surface area contributed by atoms with Crippen molar-refractivity contribution in [2.45, 2.75) is 70.8 Å². The van der Waals surface area contributed by atoms with Crippen LogP contribution >= 0.6 is 0 Å². The predicted octanol–water partition coefficient (Wildman–Crippen LogP) is 4.89. The third-order valence-corrected chi connectivity index (χ3v) is 6.15. The lowest BCUT2D eigenvalue weighted by Gasteiger charge is -2.37. The summed E-state index contributed by atoms with van der Waals surface area (Å²) in [7, 11) is 0. The van der Waals surface area contributed by atoms with Gasteiger partial charge in [-0.25, -0.2) is 24.0 Å². The molecule has 3 amide bonds. The number of aliphatic imine (C=N–C) groups is 1. The number of rotatable bonds is 3. The normalized spacial score (nSPS) is 19.9. The number of anilines is 1. The number of nitriles is 1. The standard InChI is InChI=1S/C29H32FN5O7/c1-27(2,3)41-25(37)35(26(38)42-28(4,5)6)24-34-29(11-12-39-22(29)16-40-24)19-13-18(8-9-20(19)30)33-23(36)21-10-7-17(14-31)15-32-21/h7-10,13,15,22H,11-12,16H2,1-6H3,(H,33,36)/t22-,29+/m0/s1. The zero-order valence-electron chi connectivity index (χ0n) is 24.2. The van der Waals surface area contributed by atoms with E-state index >= 15 is 4.39 Å². The van der Waals surface area contributed by atoms with E-state index in [-0.39, 0.29) is 36.6 Å². The van der Waals surface area contributed by atoms with Gasteiger partial charge in [0.05, 0.1) is 12.2 Å². The fraction of sp³-hybridized carbons (Fsp3) is 0.448. The summed E-state index contributed by atoms with van der Waals surface area (Å²) < 4.78 is 37.9. The highest BCUT2D eigenvalue weighted by molar-refractivity contribution is 6.06. The molecule has 13 heteroatoms. The first-order chi connectivity index (χ1) is 19.6. The summed E-state index contributed by atoms with van der Waals surface area (Å²) in [4.78, 5) is 48.3. The Labute approximate surface area is 242 Å². The Hall–Kier alpha value is -4.57. The number of nitrogens with one attached hydrogen (secondary N) is 1. The molecule has 2 atom stereocenters. The number of pyridine rings is 1. The van der Waals surface area contributed by atoms with Gasteiger partial charge in [-0.1, -0.05) is 0 Å². The number of carbonyl (C=O) groups excluding carboxylic acids is 3. The van der Waals surface area contributed by atoms with Crippen LogP contribution in [0.5, 0.6) is 0 Å². The molecule has 2 aliphatic rings. The van der Waals surface area contributed by atoms with Crippen molar-refractivity contribution in [1.82, 2.24) is 9.88 Å². The first kappa shape index (κ1) is 30.4. The number of benzene rings is 1. The van der Waals surface area contributed by atoms with E-state index < -0.39 is 52.8 Å². The van der Waals surface area contributed by atoms with Crippen molar-refractivity contribution in [1.29, 1.82) is 5.26 Å². The maximum absolute atomic E-state index is 15.5. The first-order valence-electron chi connectivity index (χ1n) is 13.2. The predicted molar refractivity (Wildman–Crippen MR) is 147 cm³/mol. The molecular weight excluding hydrogens is 549 g/mol. The zero-order valence-corrected chi connectivity index (χ0v) is 24.2. The number of amidine groups is 1. The van der Waals surface area contributed by atoms with Gasteiger partial charge in [0.1, 0.15) is 47.0 Å². The van der Waals surface area contributed by atoms with Crippen molar-refractivity contribution >= 4 is 29.8 Å². The van der Waals surface area contributed by atoms with Crippen molar-refractivity contribution in [3.8, 4) is 6.07 Å². The van der Waals surface area contributed by atoms with Gasteiger partial charge in [0.2, 0.25) is 0 Å². The Morgan fingerprint density at radius 3 is 2.33 bits per heavy atom. The van der Waals surface area contributed by atoms with Crippen LogP contribution in [0.4, 0.5) is 19.7 Å². The molecule has 0 bridgehead atoms. The zero-order chi connectivity index (χ0) is 30.9. The van der Waals surface area contributed by atoms with Crippen LogP contribution in [0.15, 0.2) is 41.5 Å². The van der Waals surface area contributed by atoms with Gasteiger partial charge in [0.25, 0.3) is 5.91 Å². The molecule has 2 aliphatic heterocycles. The van der Waals surface area contributed by atoms with E-state index in [1.807, 2.05) is 6.07 Å². The number of hydrogen-bond acceptors (Lipinski definition) is 10. The molecule has 1 aromatic heterocycles. The molecule has 3 heterocycles. The summed E-state index contributed by atoms with van der Waals surface area (Å²) in [6.07, 6.45) is -1.48. The molecule has 42 heavy (non-hydrogen) atoms. The molecule has 1 aromatic carbocycles. The molecule has 0 spiro atoms. The molecule has 0 saturated carbocycles. The number of fused-ring (bicyclic) bond motifs is 1. The number of amides is 3. The molecule has 4 rings (SSSR count). The Balaban J connectivity index is 1.73. The monoisotopic (exact) mass is 581 g/mol. The van der Waals surface area contributed by atoms with Crippen molar-refractivity contribution in [3.63, 3.8) is 0 Å². The van der Waals surface area contributed by atoms with Crippen LogP contribution in [0.2, 0.25) is 0 Å². The van der Waals surface area contributed by atoms with Gasteiger partial charge in [0.15, 0.2) is 0 Å². The summed E-state index contributed by atoms with van der Waals surface area (Å²) >= 11 is 0. The lowest BCUT2D eigenvalue weighted by atomic mass is 9.83. The second-order valence-electron chi connectivity index (χ2n) is 11.7. The number of carbonyl (C=O) groups is 3. The minimum absolute atomic E-state index is 0.0526. The van der Waals surface area contributed by atoms with Gasteiger partial charge in [-0.2, -0.15) is 5.26 Å². The van der Waals surface area contributed by atoms with Crippen LogP contribution in [0.25, 0.3) is 0 Å². The Morgan fingerprint density at radius 1 is 1.10 bits per heavy atom. The van der Waals surface area contributed by atoms with Crippen LogP contribution in [-0.4, -0.2) is 64.5 Å². The molecule has 2 aromatic rings. The molecule has 1 N–H and O–H groups in total. The van der Waals surface area contributed by atoms with Gasteiger partial charge in [0, 0.05) is 23.9 Å². The Kier molecular flexibility index (Phi) is 8.22. The maximum atomic E-state index is 15.5. The molecule has 0 aliphatic carbocycles.